The van der Waals surface area contributed by atoms with Crippen molar-refractivity contribution in [1.29, 1.82) is 0 Å². The number of halogens is 1. The minimum absolute atomic E-state index is 0.257. The van der Waals surface area contributed by atoms with E-state index < -0.39 is 0 Å². The van der Waals surface area contributed by atoms with Crippen LogP contribution in [0.15, 0.2) is 18.2 Å². The van der Waals surface area contributed by atoms with Crippen LogP contribution in [-0.4, -0.2) is 12.6 Å². The first-order chi connectivity index (χ1) is 7.60. The molecule has 0 aromatic heterocycles. The molecule has 0 saturated carbocycles. The number of rotatable bonds is 4. The molecule has 88 valence electrons. The number of hydrogen-bond acceptors (Lipinski definition) is 4. The van der Waals surface area contributed by atoms with Gasteiger partial charge in [0, 0.05) is 0 Å². The fraction of sp³-hybridized carbons (Fsp3) is 0.364. The average molecular weight is 243 g/mol. The first kappa shape index (κ1) is 12.8. The van der Waals surface area contributed by atoms with Crippen molar-refractivity contribution in [3.63, 3.8) is 0 Å². The number of hydrogen-bond donors (Lipinski definition) is 2. The van der Waals surface area contributed by atoms with E-state index in [-0.39, 0.29) is 11.9 Å². The molecule has 0 aliphatic rings. The van der Waals surface area contributed by atoms with Gasteiger partial charge in [0.2, 0.25) is 0 Å². The van der Waals surface area contributed by atoms with Gasteiger partial charge in [-0.2, -0.15) is 0 Å². The second kappa shape index (κ2) is 5.72. The summed E-state index contributed by atoms with van der Waals surface area (Å²) in [5.74, 6) is 4.67. The van der Waals surface area contributed by atoms with E-state index in [1.54, 1.807) is 32.0 Å². The molecule has 4 nitrogen and oxygen atoms in total. The third-order valence-electron chi connectivity index (χ3n) is 2.29. The Morgan fingerprint density at radius 1 is 1.62 bits per heavy atom. The highest BCUT2D eigenvalue weighted by molar-refractivity contribution is 6.33. The zero-order valence-electron chi connectivity index (χ0n) is 9.29. The zero-order chi connectivity index (χ0) is 12.1. The van der Waals surface area contributed by atoms with E-state index in [0.717, 1.165) is 5.56 Å². The summed E-state index contributed by atoms with van der Waals surface area (Å²) < 4.78 is 4.93. The van der Waals surface area contributed by atoms with Gasteiger partial charge in [0.1, 0.15) is 0 Å². The molecular weight excluding hydrogens is 228 g/mol. The fourth-order valence-electron chi connectivity index (χ4n) is 1.32. The lowest BCUT2D eigenvalue weighted by Crippen LogP contribution is -2.13. The van der Waals surface area contributed by atoms with Crippen LogP contribution in [-0.2, 0) is 9.53 Å². The SMILES string of the molecule is CCOC(=O)C(C)c1ccc(NN)c(Cl)c1. The number of nitrogens with one attached hydrogen (secondary N) is 1. The Morgan fingerprint density at radius 2 is 2.31 bits per heavy atom. The van der Waals surface area contributed by atoms with Crippen molar-refractivity contribution in [3.05, 3.63) is 28.8 Å². The van der Waals surface area contributed by atoms with E-state index in [1.165, 1.54) is 0 Å². The maximum Gasteiger partial charge on any atom is 0.313 e. The highest BCUT2D eigenvalue weighted by Crippen LogP contribution is 2.26. The van der Waals surface area contributed by atoms with E-state index in [0.29, 0.717) is 17.3 Å². The number of anilines is 1. The molecule has 1 rings (SSSR count). The van der Waals surface area contributed by atoms with Gasteiger partial charge >= 0.3 is 5.97 Å². The quantitative estimate of drug-likeness (QED) is 0.483. The smallest absolute Gasteiger partial charge is 0.313 e. The normalized spacial score (nSPS) is 12.0. The summed E-state index contributed by atoms with van der Waals surface area (Å²) in [6, 6.07) is 5.23. The molecule has 0 fully saturated rings. The third kappa shape index (κ3) is 2.87. The fourth-order valence-corrected chi connectivity index (χ4v) is 1.56. The Balaban J connectivity index is 2.88. The second-order valence-electron chi connectivity index (χ2n) is 3.36. The van der Waals surface area contributed by atoms with Crippen molar-refractivity contribution in [2.24, 2.45) is 5.84 Å². The maximum absolute atomic E-state index is 11.5. The van der Waals surface area contributed by atoms with E-state index in [9.17, 15) is 4.79 Å². The monoisotopic (exact) mass is 242 g/mol. The molecule has 0 saturated heterocycles. The summed E-state index contributed by atoms with van der Waals surface area (Å²) in [5, 5.41) is 0.483. The molecule has 1 unspecified atom stereocenters. The molecule has 16 heavy (non-hydrogen) atoms. The van der Waals surface area contributed by atoms with Crippen molar-refractivity contribution in [3.8, 4) is 0 Å². The van der Waals surface area contributed by atoms with Crippen LogP contribution in [0, 0.1) is 0 Å². The van der Waals surface area contributed by atoms with Gasteiger partial charge < -0.3 is 10.2 Å². The van der Waals surface area contributed by atoms with Gasteiger partial charge in [0.15, 0.2) is 0 Å². The number of nitrogen functional groups attached to an aromatic ring is 1. The minimum atomic E-state index is -0.329. The number of ether oxygens (including phenoxy) is 1. The van der Waals surface area contributed by atoms with Crippen LogP contribution in [0.1, 0.15) is 25.3 Å². The number of carbonyl (C=O) groups excluding carboxylic acids is 1. The largest absolute Gasteiger partial charge is 0.466 e. The van der Waals surface area contributed by atoms with Crippen molar-refractivity contribution in [1.82, 2.24) is 0 Å². The van der Waals surface area contributed by atoms with E-state index in [2.05, 4.69) is 5.43 Å². The van der Waals surface area contributed by atoms with Gasteiger partial charge in [-0.1, -0.05) is 17.7 Å². The van der Waals surface area contributed by atoms with Crippen LogP contribution >= 0.6 is 11.6 Å². The van der Waals surface area contributed by atoms with E-state index >= 15 is 0 Å². The van der Waals surface area contributed by atoms with Crippen LogP contribution in [0.4, 0.5) is 5.69 Å². The lowest BCUT2D eigenvalue weighted by atomic mass is 10.0. The first-order valence-electron chi connectivity index (χ1n) is 5.02. The lowest BCUT2D eigenvalue weighted by Gasteiger charge is -2.12. The number of benzene rings is 1. The molecule has 0 heterocycles. The summed E-state index contributed by atoms with van der Waals surface area (Å²) in [5.41, 5.74) is 3.90. The average Bonchev–Trinajstić information content (AvgIpc) is 2.28. The summed E-state index contributed by atoms with van der Waals surface area (Å²) in [7, 11) is 0. The Kier molecular flexibility index (Phi) is 4.58. The number of esters is 1. The molecule has 0 bridgehead atoms. The number of hydrazine groups is 1. The van der Waals surface area contributed by atoms with Crippen LogP contribution < -0.4 is 11.3 Å². The van der Waals surface area contributed by atoms with Crippen molar-refractivity contribution in [2.45, 2.75) is 19.8 Å². The van der Waals surface area contributed by atoms with Gasteiger partial charge in [-0.15, -0.1) is 0 Å². The number of carbonyl (C=O) groups is 1. The predicted molar refractivity (Wildman–Crippen MR) is 64.3 cm³/mol. The number of nitrogens with two attached hydrogens (primary N) is 1. The second-order valence-corrected chi connectivity index (χ2v) is 3.76. The van der Waals surface area contributed by atoms with Crippen LogP contribution in [0.25, 0.3) is 0 Å². The molecule has 0 spiro atoms. The van der Waals surface area contributed by atoms with Crippen molar-refractivity contribution < 1.29 is 9.53 Å². The summed E-state index contributed by atoms with van der Waals surface area (Å²) >= 11 is 5.96. The Bertz CT molecular complexity index is 382. The molecule has 0 aliphatic carbocycles. The molecule has 0 amide bonds. The Morgan fingerprint density at radius 3 is 2.81 bits per heavy atom. The summed E-state index contributed by atoms with van der Waals surface area (Å²) in [6.07, 6.45) is 0. The van der Waals surface area contributed by atoms with Gasteiger partial charge in [0.25, 0.3) is 0 Å². The maximum atomic E-state index is 11.5. The molecule has 1 aromatic rings. The zero-order valence-corrected chi connectivity index (χ0v) is 10.0. The highest BCUT2D eigenvalue weighted by atomic mass is 35.5. The molecule has 1 atom stereocenters. The third-order valence-corrected chi connectivity index (χ3v) is 2.60. The molecule has 3 N–H and O–H groups in total. The minimum Gasteiger partial charge on any atom is -0.466 e. The van der Waals surface area contributed by atoms with Crippen LogP contribution in [0.2, 0.25) is 5.02 Å². The standard InChI is InChI=1S/C11H15ClN2O2/c1-3-16-11(15)7(2)8-4-5-10(14-13)9(12)6-8/h4-7,14H,3,13H2,1-2H3. The first-order valence-corrected chi connectivity index (χ1v) is 5.40. The van der Waals surface area contributed by atoms with E-state index in [1.807, 2.05) is 0 Å². The Hall–Kier alpha value is -1.26. The van der Waals surface area contributed by atoms with Crippen molar-refractivity contribution in [2.75, 3.05) is 12.0 Å². The molecule has 0 radical (unpaired) electrons. The molecule has 5 heteroatoms. The topological polar surface area (TPSA) is 64.3 Å². The van der Waals surface area contributed by atoms with Crippen LogP contribution in [0.5, 0.6) is 0 Å². The predicted octanol–water partition coefficient (Wildman–Crippen LogP) is 2.29. The lowest BCUT2D eigenvalue weighted by molar-refractivity contribution is -0.144. The molecular formula is C11H15ClN2O2. The Labute approximate surface area is 99.7 Å². The van der Waals surface area contributed by atoms with Gasteiger partial charge in [-0.3, -0.25) is 10.6 Å². The molecule has 0 aliphatic heterocycles. The van der Waals surface area contributed by atoms with Crippen molar-refractivity contribution >= 4 is 23.3 Å². The van der Waals surface area contributed by atoms with Gasteiger partial charge in [-0.25, -0.2) is 0 Å². The summed E-state index contributed by atoms with van der Waals surface area (Å²) in [4.78, 5) is 11.5. The molecule has 1 aromatic carbocycles. The van der Waals surface area contributed by atoms with Gasteiger partial charge in [0.05, 0.1) is 23.2 Å². The van der Waals surface area contributed by atoms with Crippen LogP contribution in [0.3, 0.4) is 0 Å². The van der Waals surface area contributed by atoms with E-state index in [4.69, 9.17) is 22.2 Å². The highest BCUT2D eigenvalue weighted by Gasteiger charge is 2.17. The summed E-state index contributed by atoms with van der Waals surface area (Å²) in [6.45, 7) is 3.93. The van der Waals surface area contributed by atoms with Gasteiger partial charge in [-0.05, 0) is 31.5 Å².